The van der Waals surface area contributed by atoms with E-state index in [1.807, 2.05) is 10.3 Å². The quantitative estimate of drug-likeness (QED) is 0.760. The van der Waals surface area contributed by atoms with Gasteiger partial charge in [-0.05, 0) is 37.9 Å². The second kappa shape index (κ2) is 9.10. The number of anilines is 1. The Morgan fingerprint density at radius 2 is 1.96 bits per heavy atom. The summed E-state index contributed by atoms with van der Waals surface area (Å²) < 4.78 is 0. The normalized spacial score (nSPS) is 15.6. The number of piperidine rings is 1. The van der Waals surface area contributed by atoms with Crippen molar-refractivity contribution < 1.29 is 14.7 Å². The van der Waals surface area contributed by atoms with Gasteiger partial charge in [-0.1, -0.05) is 37.6 Å². The molecule has 1 amide bonds. The molecule has 1 aromatic heterocycles. The van der Waals surface area contributed by atoms with Crippen molar-refractivity contribution in [3.63, 3.8) is 0 Å². The first-order valence-electron chi connectivity index (χ1n) is 9.35. The number of carboxylic acid groups (broad SMARTS) is 1. The fourth-order valence-corrected chi connectivity index (χ4v) is 4.03. The summed E-state index contributed by atoms with van der Waals surface area (Å²) in [5, 5.41) is 14.4. The molecule has 27 heavy (non-hydrogen) atoms. The smallest absolute Gasteiger partial charge is 0.306 e. The zero-order valence-corrected chi connectivity index (χ0v) is 16.3. The maximum atomic E-state index is 12.3. The van der Waals surface area contributed by atoms with Crippen LogP contribution in [0.3, 0.4) is 0 Å². The highest BCUT2D eigenvalue weighted by molar-refractivity contribution is 7.14. The molecule has 0 saturated carbocycles. The number of nitrogens with zero attached hydrogens (tertiary/aromatic N) is 2. The number of carboxylic acids is 1. The summed E-state index contributed by atoms with van der Waals surface area (Å²) in [5.74, 6) is -1.13. The number of aromatic nitrogens is 1. The van der Waals surface area contributed by atoms with Crippen LogP contribution >= 0.6 is 11.3 Å². The van der Waals surface area contributed by atoms with E-state index < -0.39 is 5.97 Å². The molecule has 2 N–H and O–H groups in total. The minimum Gasteiger partial charge on any atom is -0.481 e. The van der Waals surface area contributed by atoms with Crippen LogP contribution in [0.25, 0.3) is 11.3 Å². The topological polar surface area (TPSA) is 82.5 Å². The fourth-order valence-electron chi connectivity index (χ4n) is 3.29. The minimum atomic E-state index is -0.739. The third-order valence-corrected chi connectivity index (χ3v) is 5.60. The molecule has 2 aromatic rings. The Morgan fingerprint density at radius 3 is 2.59 bits per heavy atom. The van der Waals surface area contributed by atoms with E-state index in [9.17, 15) is 9.59 Å². The number of likely N-dealkylation sites (tertiary alicyclic amines) is 1. The summed E-state index contributed by atoms with van der Waals surface area (Å²) in [5.41, 5.74) is 3.22. The molecular weight excluding hydrogens is 362 g/mol. The number of benzene rings is 1. The summed E-state index contributed by atoms with van der Waals surface area (Å²) in [6.07, 6.45) is 3.39. The summed E-state index contributed by atoms with van der Waals surface area (Å²) >= 11 is 1.41. The number of carbonyl (C=O) groups is 2. The third-order valence-electron chi connectivity index (χ3n) is 4.84. The molecule has 1 aliphatic rings. The van der Waals surface area contributed by atoms with E-state index in [-0.39, 0.29) is 18.4 Å². The Balaban J connectivity index is 1.51. The zero-order valence-electron chi connectivity index (χ0n) is 15.5. The molecule has 7 heteroatoms. The van der Waals surface area contributed by atoms with Crippen LogP contribution in [0.1, 0.15) is 31.7 Å². The van der Waals surface area contributed by atoms with Gasteiger partial charge < -0.3 is 10.4 Å². The van der Waals surface area contributed by atoms with Crippen molar-refractivity contribution in [2.24, 2.45) is 5.92 Å². The van der Waals surface area contributed by atoms with Crippen LogP contribution in [0, 0.1) is 5.92 Å². The monoisotopic (exact) mass is 387 g/mol. The molecule has 0 spiro atoms. The van der Waals surface area contributed by atoms with Gasteiger partial charge in [0, 0.05) is 10.9 Å². The van der Waals surface area contributed by atoms with E-state index in [4.69, 9.17) is 5.11 Å². The van der Waals surface area contributed by atoms with Crippen LogP contribution in [-0.4, -0.2) is 46.5 Å². The largest absolute Gasteiger partial charge is 0.481 e. The maximum Gasteiger partial charge on any atom is 0.306 e. The molecule has 0 atom stereocenters. The lowest BCUT2D eigenvalue weighted by atomic mass is 9.97. The van der Waals surface area contributed by atoms with Gasteiger partial charge in [0.15, 0.2) is 5.13 Å². The van der Waals surface area contributed by atoms with Gasteiger partial charge in [-0.15, -0.1) is 11.3 Å². The first kappa shape index (κ1) is 19.5. The SMILES string of the molecule is CCCc1ccc(-c2csc(NC(=O)CN3CCC(C(=O)O)CC3)n2)cc1. The molecule has 1 saturated heterocycles. The van der Waals surface area contributed by atoms with Crippen LogP contribution in [0.15, 0.2) is 29.6 Å². The summed E-state index contributed by atoms with van der Waals surface area (Å²) in [7, 11) is 0. The van der Waals surface area contributed by atoms with Crippen molar-refractivity contribution in [3.05, 3.63) is 35.2 Å². The predicted molar refractivity (Wildman–Crippen MR) is 107 cm³/mol. The summed E-state index contributed by atoms with van der Waals surface area (Å²) in [6.45, 7) is 3.71. The van der Waals surface area contributed by atoms with Gasteiger partial charge in [0.1, 0.15) is 0 Å². The van der Waals surface area contributed by atoms with E-state index >= 15 is 0 Å². The fraction of sp³-hybridized carbons (Fsp3) is 0.450. The van der Waals surface area contributed by atoms with E-state index in [0.29, 0.717) is 31.1 Å². The number of aryl methyl sites for hydroxylation is 1. The van der Waals surface area contributed by atoms with Gasteiger partial charge in [-0.25, -0.2) is 4.98 Å². The van der Waals surface area contributed by atoms with Crippen molar-refractivity contribution in [2.45, 2.75) is 32.6 Å². The molecule has 0 aliphatic carbocycles. The number of hydrogen-bond donors (Lipinski definition) is 2. The molecule has 1 aliphatic heterocycles. The van der Waals surface area contributed by atoms with Crippen LogP contribution < -0.4 is 5.32 Å². The van der Waals surface area contributed by atoms with Crippen molar-refractivity contribution in [3.8, 4) is 11.3 Å². The van der Waals surface area contributed by atoms with Gasteiger partial charge >= 0.3 is 5.97 Å². The third kappa shape index (κ3) is 5.37. The van der Waals surface area contributed by atoms with Crippen LogP contribution in [0.2, 0.25) is 0 Å². The number of hydrogen-bond acceptors (Lipinski definition) is 5. The van der Waals surface area contributed by atoms with Gasteiger partial charge in [-0.2, -0.15) is 0 Å². The molecule has 1 aromatic carbocycles. The standard InChI is InChI=1S/C20H25N3O3S/c1-2-3-14-4-6-15(7-5-14)17-13-27-20(21-17)22-18(24)12-23-10-8-16(9-11-23)19(25)26/h4-7,13,16H,2-3,8-12H2,1H3,(H,25,26)(H,21,22,24). The number of nitrogens with one attached hydrogen (secondary N) is 1. The first-order valence-corrected chi connectivity index (χ1v) is 10.2. The molecule has 144 valence electrons. The molecule has 1 fully saturated rings. The van der Waals surface area contributed by atoms with Gasteiger partial charge in [0.25, 0.3) is 0 Å². The molecule has 0 radical (unpaired) electrons. The average molecular weight is 388 g/mol. The van der Waals surface area contributed by atoms with Crippen molar-refractivity contribution in [1.29, 1.82) is 0 Å². The molecule has 3 rings (SSSR count). The lowest BCUT2D eigenvalue weighted by Crippen LogP contribution is -2.40. The Bertz CT molecular complexity index is 780. The number of aliphatic carboxylic acids is 1. The number of rotatable bonds is 7. The molecule has 6 nitrogen and oxygen atoms in total. The van der Waals surface area contributed by atoms with Crippen LogP contribution in [0.5, 0.6) is 0 Å². The summed E-state index contributed by atoms with van der Waals surface area (Å²) in [4.78, 5) is 29.8. The first-order chi connectivity index (χ1) is 13.0. The van der Waals surface area contributed by atoms with Crippen molar-refractivity contribution in [2.75, 3.05) is 25.0 Å². The van der Waals surface area contributed by atoms with Crippen molar-refractivity contribution >= 4 is 28.3 Å². The van der Waals surface area contributed by atoms with E-state index in [2.05, 4.69) is 41.5 Å². The van der Waals surface area contributed by atoms with Gasteiger partial charge in [0.05, 0.1) is 18.2 Å². The molecular formula is C20H25N3O3S. The highest BCUT2D eigenvalue weighted by Gasteiger charge is 2.25. The average Bonchev–Trinajstić information content (AvgIpc) is 3.11. The highest BCUT2D eigenvalue weighted by Crippen LogP contribution is 2.25. The summed E-state index contributed by atoms with van der Waals surface area (Å²) in [6, 6.07) is 8.38. The maximum absolute atomic E-state index is 12.3. The Kier molecular flexibility index (Phi) is 6.58. The molecule has 0 bridgehead atoms. The second-order valence-corrected chi connectivity index (χ2v) is 7.78. The minimum absolute atomic E-state index is 0.108. The predicted octanol–water partition coefficient (Wildman–Crippen LogP) is 3.50. The highest BCUT2D eigenvalue weighted by atomic mass is 32.1. The van der Waals surface area contributed by atoms with E-state index in [1.54, 1.807) is 0 Å². The van der Waals surface area contributed by atoms with Crippen molar-refractivity contribution in [1.82, 2.24) is 9.88 Å². The number of thiazole rings is 1. The zero-order chi connectivity index (χ0) is 19.2. The van der Waals surface area contributed by atoms with Gasteiger partial charge in [0.2, 0.25) is 5.91 Å². The van der Waals surface area contributed by atoms with Crippen LogP contribution in [-0.2, 0) is 16.0 Å². The second-order valence-electron chi connectivity index (χ2n) is 6.92. The van der Waals surface area contributed by atoms with Crippen LogP contribution in [0.4, 0.5) is 5.13 Å². The number of carbonyl (C=O) groups excluding carboxylic acids is 1. The molecule has 2 heterocycles. The number of amides is 1. The molecule has 0 unspecified atom stereocenters. The Labute approximate surface area is 163 Å². The Morgan fingerprint density at radius 1 is 1.26 bits per heavy atom. The van der Waals surface area contributed by atoms with Gasteiger partial charge in [-0.3, -0.25) is 14.5 Å². The van der Waals surface area contributed by atoms with E-state index in [1.165, 1.54) is 16.9 Å². The lowest BCUT2D eigenvalue weighted by Gasteiger charge is -2.29. The Hall–Kier alpha value is -2.25. The lowest BCUT2D eigenvalue weighted by molar-refractivity contribution is -0.143. The van der Waals surface area contributed by atoms with E-state index in [0.717, 1.165) is 24.1 Å².